The molecule has 1 amide bonds. The summed E-state index contributed by atoms with van der Waals surface area (Å²) in [6, 6.07) is 15.0. The molecule has 2 heterocycles. The summed E-state index contributed by atoms with van der Waals surface area (Å²) in [6.07, 6.45) is -5.16. The minimum atomic E-state index is -4.61. The first-order chi connectivity index (χ1) is 22.9. The molecule has 17 heteroatoms. The second-order valence-electron chi connectivity index (χ2n) is 11.3. The maximum absolute atomic E-state index is 14.3. The van der Waals surface area contributed by atoms with E-state index < -0.39 is 80.8 Å². The Morgan fingerprint density at radius 3 is 2.33 bits per heavy atom. The maximum atomic E-state index is 14.3. The number of aliphatic hydroxyl groups excluding tert-OH is 2. The van der Waals surface area contributed by atoms with E-state index in [-0.39, 0.29) is 24.9 Å². The molecule has 1 saturated heterocycles. The molecule has 0 radical (unpaired) electrons. The molecule has 260 valence electrons. The van der Waals surface area contributed by atoms with Gasteiger partial charge in [0.1, 0.15) is 43.0 Å². The van der Waals surface area contributed by atoms with Gasteiger partial charge in [-0.3, -0.25) is 23.5 Å². The molecule has 0 saturated carbocycles. The molecular formula is C31H39N4O12P. The van der Waals surface area contributed by atoms with Crippen molar-refractivity contribution in [1.29, 1.82) is 0 Å². The molecule has 2 aromatic carbocycles. The summed E-state index contributed by atoms with van der Waals surface area (Å²) in [6.45, 7) is 3.18. The van der Waals surface area contributed by atoms with Crippen molar-refractivity contribution in [3.63, 3.8) is 0 Å². The standard InChI is InChI=1S/C31H39N4O12P/c1-19(2)13-14-43-24(36)15-22(31(41)44-16-20-9-5-3-6-10-20)34-48(42,47-21-11-7-4-8-12-21)45-17-23-26(37)27(38)30(46-23)35-18-33-25(28(32)39)29(35)40/h3-12,18-19,22-23,26-27,30,37-38,40H,13-17H2,1-2H3,(H2,32,39)(H,34,42)/t22-,23+,26+,27+,30+,48?/m0/s1. The molecule has 6 atom stereocenters. The quantitative estimate of drug-likeness (QED) is 0.101. The lowest BCUT2D eigenvalue weighted by Crippen LogP contribution is -2.40. The first kappa shape index (κ1) is 36.5. The number of carbonyl (C=O) groups is 3. The van der Waals surface area contributed by atoms with Crippen LogP contribution < -0.4 is 15.3 Å². The Labute approximate surface area is 276 Å². The van der Waals surface area contributed by atoms with E-state index in [2.05, 4.69) is 10.1 Å². The van der Waals surface area contributed by atoms with Crippen LogP contribution in [0.2, 0.25) is 0 Å². The Bertz CT molecular complexity index is 1570. The minimum absolute atomic E-state index is 0.0670. The maximum Gasteiger partial charge on any atom is 0.459 e. The van der Waals surface area contributed by atoms with Crippen molar-refractivity contribution in [2.75, 3.05) is 13.2 Å². The molecule has 1 aliphatic rings. The van der Waals surface area contributed by atoms with Gasteiger partial charge in [-0.2, -0.15) is 5.09 Å². The third-order valence-corrected chi connectivity index (χ3v) is 8.71. The van der Waals surface area contributed by atoms with Crippen molar-refractivity contribution in [3.05, 3.63) is 78.2 Å². The largest absolute Gasteiger partial charge is 0.493 e. The van der Waals surface area contributed by atoms with Crippen LogP contribution in [0.4, 0.5) is 0 Å². The second kappa shape index (κ2) is 16.7. The van der Waals surface area contributed by atoms with Gasteiger partial charge in [-0.25, -0.2) is 9.55 Å². The highest BCUT2D eigenvalue weighted by Crippen LogP contribution is 2.46. The molecular weight excluding hydrogens is 651 g/mol. The van der Waals surface area contributed by atoms with Gasteiger partial charge in [-0.15, -0.1) is 0 Å². The van der Waals surface area contributed by atoms with Gasteiger partial charge in [-0.05, 0) is 30.0 Å². The van der Waals surface area contributed by atoms with Crippen molar-refractivity contribution in [1.82, 2.24) is 14.6 Å². The zero-order chi connectivity index (χ0) is 34.8. The Morgan fingerprint density at radius 2 is 1.71 bits per heavy atom. The predicted octanol–water partition coefficient (Wildman–Crippen LogP) is 2.19. The van der Waals surface area contributed by atoms with Gasteiger partial charge in [0.25, 0.3) is 5.91 Å². The average molecular weight is 691 g/mol. The van der Waals surface area contributed by atoms with Crippen LogP contribution in [0.15, 0.2) is 67.0 Å². The van der Waals surface area contributed by atoms with Gasteiger partial charge < -0.3 is 39.8 Å². The first-order valence-electron chi connectivity index (χ1n) is 15.1. The first-order valence-corrected chi connectivity index (χ1v) is 16.6. The van der Waals surface area contributed by atoms with E-state index in [0.29, 0.717) is 12.0 Å². The zero-order valence-electron chi connectivity index (χ0n) is 26.3. The molecule has 16 nitrogen and oxygen atoms in total. The summed E-state index contributed by atoms with van der Waals surface area (Å²) in [5.41, 5.74) is 5.36. The van der Waals surface area contributed by atoms with Crippen LogP contribution in [-0.2, 0) is 39.5 Å². The number of aromatic hydroxyl groups is 1. The third-order valence-electron chi connectivity index (χ3n) is 7.14. The van der Waals surface area contributed by atoms with Crippen molar-refractivity contribution >= 4 is 25.6 Å². The van der Waals surface area contributed by atoms with Gasteiger partial charge in [0.05, 0.1) is 19.6 Å². The van der Waals surface area contributed by atoms with Crippen molar-refractivity contribution in [2.45, 2.75) is 63.9 Å². The SMILES string of the molecule is CC(C)CCOC(=O)C[C@H](NP(=O)(OC[C@H]1O[C@@H](n2cnc(C(N)=O)c2O)[C@H](O)[C@@H]1O)Oc1ccccc1)C(=O)OCc1ccccc1. The van der Waals surface area contributed by atoms with Crippen molar-refractivity contribution < 1.29 is 57.5 Å². The number of imidazole rings is 1. The lowest BCUT2D eigenvalue weighted by molar-refractivity contribution is -0.153. The summed E-state index contributed by atoms with van der Waals surface area (Å²) >= 11 is 0. The Hall–Kier alpha value is -4.31. The van der Waals surface area contributed by atoms with E-state index in [4.69, 9.17) is 29.0 Å². The molecule has 6 N–H and O–H groups in total. The fourth-order valence-corrected chi connectivity index (χ4v) is 6.03. The van der Waals surface area contributed by atoms with Gasteiger partial charge >= 0.3 is 19.7 Å². The van der Waals surface area contributed by atoms with Crippen LogP contribution >= 0.6 is 7.75 Å². The summed E-state index contributed by atoms with van der Waals surface area (Å²) in [7, 11) is -4.61. The summed E-state index contributed by atoms with van der Waals surface area (Å²) in [5.74, 6) is -3.15. The Kier molecular flexibility index (Phi) is 12.7. The Morgan fingerprint density at radius 1 is 1.04 bits per heavy atom. The number of rotatable bonds is 17. The average Bonchev–Trinajstić information content (AvgIpc) is 3.57. The number of nitrogens with two attached hydrogens (primary N) is 1. The van der Waals surface area contributed by atoms with E-state index in [1.54, 1.807) is 48.5 Å². The monoisotopic (exact) mass is 690 g/mol. The topological polar surface area (TPSA) is 231 Å². The molecule has 3 aromatic rings. The number of ether oxygens (including phenoxy) is 3. The number of nitrogens with one attached hydrogen (secondary N) is 1. The molecule has 1 unspecified atom stereocenters. The molecule has 1 aliphatic heterocycles. The molecule has 0 bridgehead atoms. The van der Waals surface area contributed by atoms with Crippen LogP contribution in [0.1, 0.15) is 49.0 Å². The molecule has 0 aliphatic carbocycles. The molecule has 0 spiro atoms. The third kappa shape index (κ3) is 9.86. The van der Waals surface area contributed by atoms with Crippen LogP contribution in [0.5, 0.6) is 11.6 Å². The predicted molar refractivity (Wildman–Crippen MR) is 167 cm³/mol. The fraction of sp³-hybridized carbons (Fsp3) is 0.419. The van der Waals surface area contributed by atoms with E-state index in [9.17, 15) is 34.3 Å². The highest BCUT2D eigenvalue weighted by Gasteiger charge is 2.47. The van der Waals surface area contributed by atoms with Crippen LogP contribution in [-0.4, -0.2) is 80.3 Å². The van der Waals surface area contributed by atoms with Crippen LogP contribution in [0.25, 0.3) is 0 Å². The highest BCUT2D eigenvalue weighted by molar-refractivity contribution is 7.52. The number of hydrogen-bond donors (Lipinski definition) is 5. The number of aliphatic hydroxyl groups is 2. The zero-order valence-corrected chi connectivity index (χ0v) is 27.2. The van der Waals surface area contributed by atoms with E-state index >= 15 is 0 Å². The van der Waals surface area contributed by atoms with Gasteiger partial charge in [0.15, 0.2) is 11.9 Å². The number of primary amides is 1. The number of hydrogen-bond acceptors (Lipinski definition) is 13. The van der Waals surface area contributed by atoms with Crippen LogP contribution in [0.3, 0.4) is 0 Å². The number of carbonyl (C=O) groups excluding carboxylic acids is 3. The summed E-state index contributed by atoms with van der Waals surface area (Å²) in [5, 5.41) is 34.2. The highest BCUT2D eigenvalue weighted by atomic mass is 31.2. The number of para-hydroxylation sites is 1. The van der Waals surface area contributed by atoms with Crippen molar-refractivity contribution in [2.24, 2.45) is 11.7 Å². The number of nitrogens with zero attached hydrogens (tertiary/aromatic N) is 2. The lowest BCUT2D eigenvalue weighted by atomic mass is 10.1. The van der Waals surface area contributed by atoms with E-state index in [0.717, 1.165) is 10.9 Å². The second-order valence-corrected chi connectivity index (χ2v) is 13.0. The fourth-order valence-electron chi connectivity index (χ4n) is 4.53. The lowest BCUT2D eigenvalue weighted by Gasteiger charge is -2.26. The molecule has 4 rings (SSSR count). The van der Waals surface area contributed by atoms with Gasteiger partial charge in [0.2, 0.25) is 5.88 Å². The van der Waals surface area contributed by atoms with E-state index in [1.165, 1.54) is 12.1 Å². The number of esters is 2. The number of amides is 1. The van der Waals surface area contributed by atoms with Gasteiger partial charge in [0, 0.05) is 0 Å². The summed E-state index contributed by atoms with van der Waals surface area (Å²) < 4.78 is 42.8. The minimum Gasteiger partial charge on any atom is -0.493 e. The summed E-state index contributed by atoms with van der Waals surface area (Å²) in [4.78, 5) is 41.3. The number of aromatic nitrogens is 2. The Balaban J connectivity index is 1.53. The molecule has 48 heavy (non-hydrogen) atoms. The number of benzene rings is 2. The van der Waals surface area contributed by atoms with Crippen molar-refractivity contribution in [3.8, 4) is 11.6 Å². The normalized spacial score (nSPS) is 20.9. The van der Waals surface area contributed by atoms with E-state index in [1.807, 2.05) is 13.8 Å². The van der Waals surface area contributed by atoms with Crippen LogP contribution in [0, 0.1) is 5.92 Å². The van der Waals surface area contributed by atoms with Gasteiger partial charge in [-0.1, -0.05) is 62.4 Å². The molecule has 1 aromatic heterocycles. The smallest absolute Gasteiger partial charge is 0.459 e. The molecule has 1 fully saturated rings.